The maximum atomic E-state index is 11.2. The molecule has 2 rings (SSSR count). The normalized spacial score (nSPS) is 10.4. The fraction of sp³-hybridized carbons (Fsp3) is 0.167. The molecule has 0 aliphatic carbocycles. The standard InChI is InChI=1S/C12H11ClN2O/c1-8(16)10-4-3-9(7-11(10)13)12-14-5-6-15(12)2/h3-7H,1-2H3. The zero-order chi connectivity index (χ0) is 11.7. The number of benzene rings is 1. The number of ketones is 1. The molecule has 0 fully saturated rings. The van der Waals surface area contributed by atoms with Gasteiger partial charge in [0, 0.05) is 30.6 Å². The lowest BCUT2D eigenvalue weighted by Gasteiger charge is -2.04. The van der Waals surface area contributed by atoms with Gasteiger partial charge in [0.2, 0.25) is 0 Å². The Morgan fingerprint density at radius 3 is 2.69 bits per heavy atom. The number of carbonyl (C=O) groups excluding carboxylic acids is 1. The van der Waals surface area contributed by atoms with Crippen molar-refractivity contribution in [3.05, 3.63) is 41.2 Å². The van der Waals surface area contributed by atoms with E-state index in [-0.39, 0.29) is 5.78 Å². The molecule has 0 amide bonds. The molecule has 0 N–H and O–H groups in total. The predicted molar refractivity (Wildman–Crippen MR) is 63.7 cm³/mol. The number of rotatable bonds is 2. The van der Waals surface area contributed by atoms with Crippen LogP contribution in [0.4, 0.5) is 0 Å². The van der Waals surface area contributed by atoms with E-state index in [4.69, 9.17) is 11.6 Å². The smallest absolute Gasteiger partial charge is 0.161 e. The van der Waals surface area contributed by atoms with E-state index in [1.54, 1.807) is 18.3 Å². The second kappa shape index (κ2) is 4.10. The van der Waals surface area contributed by atoms with Gasteiger partial charge in [0.15, 0.2) is 5.78 Å². The first-order chi connectivity index (χ1) is 7.59. The molecule has 82 valence electrons. The van der Waals surface area contributed by atoms with Crippen molar-refractivity contribution in [2.24, 2.45) is 7.05 Å². The van der Waals surface area contributed by atoms with Crippen LogP contribution >= 0.6 is 11.6 Å². The van der Waals surface area contributed by atoms with Crippen LogP contribution in [-0.4, -0.2) is 15.3 Å². The van der Waals surface area contributed by atoms with Gasteiger partial charge >= 0.3 is 0 Å². The number of carbonyl (C=O) groups is 1. The molecular formula is C12H11ClN2O. The number of nitrogens with zero attached hydrogens (tertiary/aromatic N) is 2. The molecule has 16 heavy (non-hydrogen) atoms. The molecule has 1 aromatic carbocycles. The summed E-state index contributed by atoms with van der Waals surface area (Å²) in [7, 11) is 1.91. The molecule has 0 saturated heterocycles. The molecule has 0 radical (unpaired) electrons. The first kappa shape index (κ1) is 10.9. The molecule has 0 saturated carbocycles. The van der Waals surface area contributed by atoms with Crippen molar-refractivity contribution >= 4 is 17.4 Å². The van der Waals surface area contributed by atoms with E-state index in [0.29, 0.717) is 10.6 Å². The highest BCUT2D eigenvalue weighted by atomic mass is 35.5. The van der Waals surface area contributed by atoms with E-state index in [1.807, 2.05) is 23.9 Å². The molecule has 0 bridgehead atoms. The molecule has 0 aliphatic heterocycles. The summed E-state index contributed by atoms with van der Waals surface area (Å²) in [6, 6.07) is 5.35. The third-order valence-electron chi connectivity index (χ3n) is 2.43. The summed E-state index contributed by atoms with van der Waals surface area (Å²) in [5.41, 5.74) is 1.45. The van der Waals surface area contributed by atoms with Crippen LogP contribution in [0.3, 0.4) is 0 Å². The summed E-state index contributed by atoms with van der Waals surface area (Å²) >= 11 is 6.04. The molecular weight excluding hydrogens is 224 g/mol. The monoisotopic (exact) mass is 234 g/mol. The summed E-state index contributed by atoms with van der Waals surface area (Å²) in [6.07, 6.45) is 3.59. The van der Waals surface area contributed by atoms with Gasteiger partial charge < -0.3 is 4.57 Å². The van der Waals surface area contributed by atoms with Crippen LogP contribution in [0.15, 0.2) is 30.6 Å². The average Bonchev–Trinajstić information content (AvgIpc) is 2.63. The second-order valence-corrected chi connectivity index (χ2v) is 4.02. The zero-order valence-electron chi connectivity index (χ0n) is 9.07. The van der Waals surface area contributed by atoms with Crippen molar-refractivity contribution in [2.45, 2.75) is 6.92 Å². The Bertz CT molecular complexity index is 546. The maximum absolute atomic E-state index is 11.2. The van der Waals surface area contributed by atoms with Gasteiger partial charge in [-0.15, -0.1) is 0 Å². The first-order valence-electron chi connectivity index (χ1n) is 4.88. The molecule has 2 aromatic rings. The number of Topliss-reactive ketones (excluding diaryl/α,β-unsaturated/α-hetero) is 1. The van der Waals surface area contributed by atoms with Crippen molar-refractivity contribution in [1.82, 2.24) is 9.55 Å². The van der Waals surface area contributed by atoms with Gasteiger partial charge in [-0.3, -0.25) is 4.79 Å². The summed E-state index contributed by atoms with van der Waals surface area (Å²) < 4.78 is 1.90. The zero-order valence-corrected chi connectivity index (χ0v) is 9.82. The highest BCUT2D eigenvalue weighted by Crippen LogP contribution is 2.24. The van der Waals surface area contributed by atoms with Crippen LogP contribution in [0.5, 0.6) is 0 Å². The third kappa shape index (κ3) is 1.86. The molecule has 1 aromatic heterocycles. The van der Waals surface area contributed by atoms with Gasteiger partial charge in [0.1, 0.15) is 5.82 Å². The Hall–Kier alpha value is -1.61. The van der Waals surface area contributed by atoms with Gasteiger partial charge in [-0.25, -0.2) is 4.98 Å². The highest BCUT2D eigenvalue weighted by Gasteiger charge is 2.09. The van der Waals surface area contributed by atoms with E-state index in [2.05, 4.69) is 4.98 Å². The second-order valence-electron chi connectivity index (χ2n) is 3.61. The summed E-state index contributed by atoms with van der Waals surface area (Å²) in [4.78, 5) is 15.4. The molecule has 0 atom stereocenters. The van der Waals surface area contributed by atoms with Crippen molar-refractivity contribution in [2.75, 3.05) is 0 Å². The lowest BCUT2D eigenvalue weighted by Crippen LogP contribution is -1.95. The minimum Gasteiger partial charge on any atom is -0.334 e. The lowest BCUT2D eigenvalue weighted by atomic mass is 10.1. The van der Waals surface area contributed by atoms with Crippen LogP contribution in [0, 0.1) is 0 Å². The third-order valence-corrected chi connectivity index (χ3v) is 2.74. The van der Waals surface area contributed by atoms with Gasteiger partial charge in [0.25, 0.3) is 0 Å². The predicted octanol–water partition coefficient (Wildman–Crippen LogP) is 2.94. The van der Waals surface area contributed by atoms with Crippen LogP contribution in [0.25, 0.3) is 11.4 Å². The lowest BCUT2D eigenvalue weighted by molar-refractivity contribution is 0.101. The molecule has 3 nitrogen and oxygen atoms in total. The first-order valence-corrected chi connectivity index (χ1v) is 5.25. The summed E-state index contributed by atoms with van der Waals surface area (Å²) in [5, 5.41) is 0.466. The van der Waals surface area contributed by atoms with E-state index < -0.39 is 0 Å². The SMILES string of the molecule is CC(=O)c1ccc(-c2nccn2C)cc1Cl. The fourth-order valence-corrected chi connectivity index (χ4v) is 1.90. The van der Waals surface area contributed by atoms with Gasteiger partial charge in [-0.2, -0.15) is 0 Å². The summed E-state index contributed by atoms with van der Waals surface area (Å²) in [5.74, 6) is 0.799. The average molecular weight is 235 g/mol. The molecule has 4 heteroatoms. The fourth-order valence-electron chi connectivity index (χ4n) is 1.58. The molecule has 1 heterocycles. The Balaban J connectivity index is 2.50. The Morgan fingerprint density at radius 1 is 1.44 bits per heavy atom. The highest BCUT2D eigenvalue weighted by molar-refractivity contribution is 6.34. The number of aromatic nitrogens is 2. The minimum atomic E-state index is -0.0311. The largest absolute Gasteiger partial charge is 0.334 e. The van der Waals surface area contributed by atoms with Crippen molar-refractivity contribution in [1.29, 1.82) is 0 Å². The topological polar surface area (TPSA) is 34.9 Å². The molecule has 0 aliphatic rings. The number of hydrogen-bond acceptors (Lipinski definition) is 2. The van der Waals surface area contributed by atoms with Crippen molar-refractivity contribution < 1.29 is 4.79 Å². The minimum absolute atomic E-state index is 0.0311. The van der Waals surface area contributed by atoms with Crippen molar-refractivity contribution in [3.8, 4) is 11.4 Å². The number of hydrogen-bond donors (Lipinski definition) is 0. The van der Waals surface area contributed by atoms with Crippen LogP contribution in [0.1, 0.15) is 17.3 Å². The quantitative estimate of drug-likeness (QED) is 0.749. The van der Waals surface area contributed by atoms with Gasteiger partial charge in [0.05, 0.1) is 5.02 Å². The Labute approximate surface area is 98.7 Å². The van der Waals surface area contributed by atoms with E-state index in [0.717, 1.165) is 11.4 Å². The van der Waals surface area contributed by atoms with Gasteiger partial charge in [-0.1, -0.05) is 17.7 Å². The number of aryl methyl sites for hydroxylation is 1. The van der Waals surface area contributed by atoms with Crippen LogP contribution in [-0.2, 0) is 7.05 Å². The van der Waals surface area contributed by atoms with Crippen LogP contribution in [0.2, 0.25) is 5.02 Å². The number of halogens is 1. The van der Waals surface area contributed by atoms with E-state index >= 15 is 0 Å². The summed E-state index contributed by atoms with van der Waals surface area (Å²) in [6.45, 7) is 1.50. The Kier molecular flexibility index (Phi) is 2.79. The maximum Gasteiger partial charge on any atom is 0.161 e. The Morgan fingerprint density at radius 2 is 2.19 bits per heavy atom. The molecule has 0 unspecified atom stereocenters. The van der Waals surface area contributed by atoms with Gasteiger partial charge in [-0.05, 0) is 19.1 Å². The van der Waals surface area contributed by atoms with Crippen molar-refractivity contribution in [3.63, 3.8) is 0 Å². The number of imidazole rings is 1. The molecule has 0 spiro atoms. The van der Waals surface area contributed by atoms with E-state index in [1.165, 1.54) is 6.92 Å². The van der Waals surface area contributed by atoms with E-state index in [9.17, 15) is 4.79 Å². The van der Waals surface area contributed by atoms with Crippen LogP contribution < -0.4 is 0 Å².